The number of carbonyl (C=O) groups excluding carboxylic acids is 1. The molecule has 5 aliphatic rings. The molecular weight excluding hydrogens is 634 g/mol. The van der Waals surface area contributed by atoms with Crippen LogP contribution in [0.4, 0.5) is 19.4 Å². The number of pyridine rings is 1. The van der Waals surface area contributed by atoms with Gasteiger partial charge in [0.2, 0.25) is 5.88 Å². The van der Waals surface area contributed by atoms with Crippen LogP contribution in [-0.4, -0.2) is 88.6 Å². The zero-order valence-electron chi connectivity index (χ0n) is 28.0. The van der Waals surface area contributed by atoms with Gasteiger partial charge in [-0.05, 0) is 106 Å². The first-order valence-corrected chi connectivity index (χ1v) is 17.0. The number of piperidine rings is 1. The number of nitrogens with zero attached hydrogens (tertiary/aromatic N) is 5. The van der Waals surface area contributed by atoms with Crippen LogP contribution in [0.15, 0.2) is 24.5 Å². The molecule has 11 nitrogen and oxygen atoms in total. The fraction of sp³-hybridized carbons (Fsp3) is 0.500. The van der Waals surface area contributed by atoms with Gasteiger partial charge in [-0.25, -0.2) is 18.6 Å². The van der Waals surface area contributed by atoms with Gasteiger partial charge in [0, 0.05) is 13.1 Å². The van der Waals surface area contributed by atoms with Crippen LogP contribution in [-0.2, 0) is 11.2 Å². The number of allylic oxidation sites excluding steroid dienone is 1. The SMILES string of the molecule is C=C(O)/C=c1/ccc(F)c2/c1=C\c1nc(OC)c3c(nc(OCC45CCCN4CCC5)nc3c1F)N1CCC[C@](C)(C1)NC(=O)OCCC2. The lowest BCUT2D eigenvalue weighted by Crippen LogP contribution is -2.57. The average molecular weight is 677 g/mol. The Kier molecular flexibility index (Phi) is 8.80. The molecule has 1 amide bonds. The van der Waals surface area contributed by atoms with Crippen molar-refractivity contribution in [1.29, 1.82) is 0 Å². The summed E-state index contributed by atoms with van der Waals surface area (Å²) >= 11 is 0. The summed E-state index contributed by atoms with van der Waals surface area (Å²) in [5, 5.41) is 14.0. The first-order valence-electron chi connectivity index (χ1n) is 17.0. The van der Waals surface area contributed by atoms with Crippen LogP contribution in [0, 0.1) is 11.6 Å². The fourth-order valence-electron chi connectivity index (χ4n) is 8.06. The number of carbonyl (C=O) groups is 1. The number of hydrogen-bond donors (Lipinski definition) is 2. The summed E-state index contributed by atoms with van der Waals surface area (Å²) in [4.78, 5) is 31.5. The van der Waals surface area contributed by atoms with Crippen LogP contribution in [0.2, 0.25) is 0 Å². The molecule has 3 fully saturated rings. The van der Waals surface area contributed by atoms with Gasteiger partial charge in [-0.3, -0.25) is 4.90 Å². The van der Waals surface area contributed by atoms with Crippen molar-refractivity contribution >= 4 is 35.0 Å². The number of rotatable bonds is 5. The van der Waals surface area contributed by atoms with E-state index >= 15 is 8.78 Å². The molecule has 8 rings (SSSR count). The van der Waals surface area contributed by atoms with Crippen LogP contribution in [0.3, 0.4) is 0 Å². The third-order valence-corrected chi connectivity index (χ3v) is 10.4. The number of amides is 1. The van der Waals surface area contributed by atoms with E-state index in [0.717, 1.165) is 38.8 Å². The van der Waals surface area contributed by atoms with Gasteiger partial charge in [0.25, 0.3) is 0 Å². The number of ether oxygens (including phenoxy) is 3. The van der Waals surface area contributed by atoms with Crippen molar-refractivity contribution in [3.63, 3.8) is 0 Å². The van der Waals surface area contributed by atoms with E-state index in [2.05, 4.69) is 26.8 Å². The minimum Gasteiger partial charge on any atom is -0.509 e. The molecule has 0 saturated carbocycles. The van der Waals surface area contributed by atoms with Crippen molar-refractivity contribution in [1.82, 2.24) is 25.2 Å². The van der Waals surface area contributed by atoms with E-state index in [1.807, 2.05) is 11.8 Å². The Morgan fingerprint density at radius 3 is 2.65 bits per heavy atom. The minimum absolute atomic E-state index is 0.0309. The standard InChI is InChI=1S/C36H42F2N6O5/c1-22(45)18-23-9-10-26(37)24-8-4-17-48-34(46)42-35(2)11-5-14-43(20-35)31-28-30(29(38)27(19-25(23)24)39-32(28)47-3)40-33(41-31)49-21-36-12-6-15-44(36)16-7-13-36/h9-10,18-19,45H,1,4-8,11-17,20-21H2,2-3H3,(H,42,46)/b23-18-,25-19-/t35-/m1/s1. The maximum Gasteiger partial charge on any atom is 0.407 e. The number of halogens is 2. The highest BCUT2D eigenvalue weighted by Gasteiger charge is 2.45. The zero-order chi connectivity index (χ0) is 34.3. The molecule has 2 aromatic heterocycles. The highest BCUT2D eigenvalue weighted by Crippen LogP contribution is 2.41. The lowest BCUT2D eigenvalue weighted by Gasteiger charge is -2.41. The lowest BCUT2D eigenvalue weighted by atomic mass is 9.91. The van der Waals surface area contributed by atoms with E-state index in [0.29, 0.717) is 50.0 Å². The summed E-state index contributed by atoms with van der Waals surface area (Å²) in [5.41, 5.74) is -0.741. The first kappa shape index (κ1) is 33.0. The van der Waals surface area contributed by atoms with Crippen LogP contribution in [0.25, 0.3) is 23.1 Å². The molecule has 0 radical (unpaired) electrons. The van der Waals surface area contributed by atoms with Gasteiger partial charge in [0.05, 0.1) is 24.8 Å². The smallest absolute Gasteiger partial charge is 0.407 e. The molecule has 49 heavy (non-hydrogen) atoms. The van der Waals surface area contributed by atoms with Crippen LogP contribution in [0.5, 0.6) is 11.9 Å². The van der Waals surface area contributed by atoms with Gasteiger partial charge < -0.3 is 29.5 Å². The molecule has 0 aliphatic carbocycles. The summed E-state index contributed by atoms with van der Waals surface area (Å²) in [5.74, 6) is -1.09. The maximum absolute atomic E-state index is 16.9. The summed E-state index contributed by atoms with van der Waals surface area (Å²) < 4.78 is 50.1. The number of methoxy groups -OCH3 is 1. The number of alkyl carbamates (subject to hydrolysis) is 1. The zero-order valence-corrected chi connectivity index (χ0v) is 28.0. The second-order valence-electron chi connectivity index (χ2n) is 13.8. The summed E-state index contributed by atoms with van der Waals surface area (Å²) in [6.07, 6.45) is 8.27. The van der Waals surface area contributed by atoms with Crippen LogP contribution in [0.1, 0.15) is 63.1 Å². The summed E-state index contributed by atoms with van der Waals surface area (Å²) in [6.45, 7) is 8.87. The Labute approximate surface area is 283 Å². The van der Waals surface area contributed by atoms with E-state index < -0.39 is 23.3 Å². The van der Waals surface area contributed by atoms with E-state index in [-0.39, 0.29) is 63.6 Å². The number of aliphatic hydroxyl groups is 1. The normalized spacial score (nSPS) is 23.3. The van der Waals surface area contributed by atoms with Crippen LogP contribution < -0.4 is 30.1 Å². The lowest BCUT2D eigenvalue weighted by molar-refractivity contribution is 0.107. The monoisotopic (exact) mass is 676 g/mol. The largest absolute Gasteiger partial charge is 0.509 e. The van der Waals surface area contributed by atoms with Gasteiger partial charge in [0.15, 0.2) is 5.82 Å². The molecule has 1 atom stereocenters. The number of aromatic nitrogens is 3. The second kappa shape index (κ2) is 13.1. The first-order chi connectivity index (χ1) is 23.6. The fourth-order valence-corrected chi connectivity index (χ4v) is 8.06. The second-order valence-corrected chi connectivity index (χ2v) is 13.8. The van der Waals surface area contributed by atoms with E-state index in [4.69, 9.17) is 19.2 Å². The average Bonchev–Trinajstić information content (AvgIpc) is 3.65. The van der Waals surface area contributed by atoms with Crippen molar-refractivity contribution in [3.8, 4) is 11.9 Å². The summed E-state index contributed by atoms with van der Waals surface area (Å²) in [7, 11) is 1.44. The highest BCUT2D eigenvalue weighted by molar-refractivity contribution is 5.95. The van der Waals surface area contributed by atoms with Crippen molar-refractivity contribution in [2.45, 2.75) is 69.4 Å². The number of anilines is 1. The number of benzene rings is 1. The van der Waals surface area contributed by atoms with Gasteiger partial charge in [-0.1, -0.05) is 12.6 Å². The van der Waals surface area contributed by atoms with Crippen molar-refractivity contribution in [3.05, 3.63) is 57.8 Å². The minimum atomic E-state index is -0.754. The summed E-state index contributed by atoms with van der Waals surface area (Å²) in [6, 6.07) is 2.78. The molecule has 13 heteroatoms. The highest BCUT2D eigenvalue weighted by atomic mass is 19.1. The number of fused-ring (bicyclic) bond motifs is 7. The Balaban J connectivity index is 1.46. The number of nitrogens with one attached hydrogen (secondary N) is 1. The molecule has 260 valence electrons. The predicted octanol–water partition coefficient (Wildman–Crippen LogP) is 4.03. The van der Waals surface area contributed by atoms with E-state index in [1.165, 1.54) is 31.4 Å². The molecule has 3 aromatic rings. The quantitative estimate of drug-likeness (QED) is 0.383. The van der Waals surface area contributed by atoms with Crippen LogP contribution >= 0.6 is 0 Å². The van der Waals surface area contributed by atoms with Gasteiger partial charge >= 0.3 is 12.1 Å². The van der Waals surface area contributed by atoms with E-state index in [1.54, 1.807) is 0 Å². The van der Waals surface area contributed by atoms with Gasteiger partial charge in [0.1, 0.15) is 40.6 Å². The predicted molar refractivity (Wildman–Crippen MR) is 180 cm³/mol. The molecule has 6 bridgehead atoms. The third-order valence-electron chi connectivity index (χ3n) is 10.4. The molecule has 1 aromatic carbocycles. The Hall–Kier alpha value is -4.52. The topological polar surface area (TPSA) is 122 Å². The van der Waals surface area contributed by atoms with E-state index in [9.17, 15) is 9.90 Å². The molecule has 7 heterocycles. The Morgan fingerprint density at radius 2 is 1.90 bits per heavy atom. The molecule has 5 aliphatic heterocycles. The molecule has 0 unspecified atom stereocenters. The van der Waals surface area contributed by atoms with Crippen molar-refractivity contribution < 1.29 is 32.9 Å². The maximum atomic E-state index is 16.9. The number of aliphatic hydroxyl groups excluding tert-OH is 1. The molecular formula is C36H42F2N6O5. The van der Waals surface area contributed by atoms with Gasteiger partial charge in [-0.2, -0.15) is 9.97 Å². The molecule has 2 N–H and O–H groups in total. The number of hydrogen-bond acceptors (Lipinski definition) is 10. The molecule has 3 saturated heterocycles. The Bertz CT molecular complexity index is 1930. The van der Waals surface area contributed by atoms with Gasteiger partial charge in [-0.15, -0.1) is 0 Å². The molecule has 0 spiro atoms. The van der Waals surface area contributed by atoms with Crippen molar-refractivity contribution in [2.24, 2.45) is 0 Å². The Morgan fingerprint density at radius 1 is 1.12 bits per heavy atom. The van der Waals surface area contributed by atoms with Crippen molar-refractivity contribution in [2.75, 3.05) is 51.4 Å². The third kappa shape index (κ3) is 6.36.